The van der Waals surface area contributed by atoms with Gasteiger partial charge in [-0.1, -0.05) is 60.7 Å². The minimum Gasteiger partial charge on any atom is -0.508 e. The molecule has 0 saturated heterocycles. The number of phenolic OH excluding ortho intramolecular Hbond substituents is 4. The summed E-state index contributed by atoms with van der Waals surface area (Å²) in [4.78, 5) is -1.03. The summed E-state index contributed by atoms with van der Waals surface area (Å²) in [6, 6.07) is 24.1. The van der Waals surface area contributed by atoms with Gasteiger partial charge in [-0.2, -0.15) is 0 Å². The van der Waals surface area contributed by atoms with Gasteiger partial charge in [-0.25, -0.2) is 8.42 Å². The first-order valence-corrected chi connectivity index (χ1v) is 13.7. The third-order valence-corrected chi connectivity index (χ3v) is 8.15. The molecule has 0 heterocycles. The van der Waals surface area contributed by atoms with Crippen LogP contribution in [0.5, 0.6) is 23.0 Å². The van der Waals surface area contributed by atoms with Crippen LogP contribution in [0.1, 0.15) is 35.1 Å². The Bertz CT molecular complexity index is 1360. The number of aryl methyl sites for hydroxylation is 4. The SMILES string of the molecule is O=S(=O)(c1cc(O)cc(CCCc2ccccc2)c1O)c1cc(O)cc(CCCc2ccccc2)c1O. The molecule has 0 spiro atoms. The van der Waals surface area contributed by atoms with Crippen molar-refractivity contribution < 1.29 is 28.8 Å². The Hall–Kier alpha value is -3.97. The predicted octanol–water partition coefficient (Wildman–Crippen LogP) is 5.69. The zero-order chi connectivity index (χ0) is 26.4. The maximum absolute atomic E-state index is 13.5. The molecule has 0 fully saturated rings. The van der Waals surface area contributed by atoms with Crippen LogP contribution in [0.15, 0.2) is 94.7 Å². The van der Waals surface area contributed by atoms with Crippen molar-refractivity contribution in [3.05, 3.63) is 107 Å². The highest BCUT2D eigenvalue weighted by atomic mass is 32.2. The predicted molar refractivity (Wildman–Crippen MR) is 142 cm³/mol. The normalized spacial score (nSPS) is 11.5. The van der Waals surface area contributed by atoms with E-state index in [4.69, 9.17) is 0 Å². The fourth-order valence-corrected chi connectivity index (χ4v) is 6.02. The lowest BCUT2D eigenvalue weighted by molar-refractivity contribution is 0.431. The molecule has 0 atom stereocenters. The Morgan fingerprint density at radius 3 is 1.27 bits per heavy atom. The first-order valence-electron chi connectivity index (χ1n) is 12.2. The second-order valence-electron chi connectivity index (χ2n) is 9.09. The van der Waals surface area contributed by atoms with Gasteiger partial charge in [0.25, 0.3) is 0 Å². The third kappa shape index (κ3) is 6.24. The van der Waals surface area contributed by atoms with Crippen LogP contribution >= 0.6 is 0 Å². The number of phenols is 4. The van der Waals surface area contributed by atoms with Crippen LogP contribution in [0.4, 0.5) is 0 Å². The molecule has 6 nitrogen and oxygen atoms in total. The van der Waals surface area contributed by atoms with E-state index in [0.29, 0.717) is 25.7 Å². The average Bonchev–Trinajstić information content (AvgIpc) is 2.88. The molecule has 4 N–H and O–H groups in total. The molecule has 7 heteroatoms. The molecule has 192 valence electrons. The quantitative estimate of drug-likeness (QED) is 0.200. The standard InChI is InChI=1S/C30H30O6S/c31-25-17-23(15-7-13-21-9-3-1-4-10-21)29(33)27(19-25)37(35,36)28-20-26(32)18-24(30(28)34)16-8-14-22-11-5-2-6-12-22/h1-6,9-12,17-20,31-34H,7-8,13-16H2. The second-order valence-corrected chi connectivity index (χ2v) is 11.0. The van der Waals surface area contributed by atoms with Crippen molar-refractivity contribution in [1.82, 2.24) is 0 Å². The van der Waals surface area contributed by atoms with E-state index in [9.17, 15) is 28.8 Å². The lowest BCUT2D eigenvalue weighted by Gasteiger charge is -2.15. The van der Waals surface area contributed by atoms with E-state index in [-0.39, 0.29) is 22.6 Å². The van der Waals surface area contributed by atoms with Crippen LogP contribution in [0, 0.1) is 0 Å². The molecule has 37 heavy (non-hydrogen) atoms. The van der Waals surface area contributed by atoms with E-state index < -0.39 is 31.1 Å². The number of benzene rings is 4. The molecular weight excluding hydrogens is 488 g/mol. The van der Waals surface area contributed by atoms with Gasteiger partial charge in [-0.15, -0.1) is 0 Å². The van der Waals surface area contributed by atoms with E-state index in [1.165, 1.54) is 12.1 Å². The summed E-state index contributed by atoms with van der Waals surface area (Å²) in [7, 11) is -4.46. The summed E-state index contributed by atoms with van der Waals surface area (Å²) < 4.78 is 27.1. The number of hydrogen-bond donors (Lipinski definition) is 4. The lowest BCUT2D eigenvalue weighted by Crippen LogP contribution is -2.06. The minimum absolute atomic E-state index is 0.289. The molecule has 0 radical (unpaired) electrons. The smallest absolute Gasteiger partial charge is 0.214 e. The summed E-state index contributed by atoms with van der Waals surface area (Å²) in [5, 5.41) is 42.3. The summed E-state index contributed by atoms with van der Waals surface area (Å²) in [5.41, 5.74) is 2.80. The molecule has 0 amide bonds. The summed E-state index contributed by atoms with van der Waals surface area (Å²) in [5.74, 6) is -1.57. The van der Waals surface area contributed by atoms with E-state index in [1.54, 1.807) is 0 Å². The number of aromatic hydroxyl groups is 4. The van der Waals surface area contributed by atoms with Gasteiger partial charge < -0.3 is 20.4 Å². The highest BCUT2D eigenvalue weighted by molar-refractivity contribution is 7.91. The van der Waals surface area contributed by atoms with Crippen LogP contribution in [0.2, 0.25) is 0 Å². The molecular formula is C30H30O6S. The highest BCUT2D eigenvalue weighted by Gasteiger charge is 2.29. The van der Waals surface area contributed by atoms with Crippen molar-refractivity contribution in [3.8, 4) is 23.0 Å². The van der Waals surface area contributed by atoms with Gasteiger partial charge in [0.2, 0.25) is 9.84 Å². The van der Waals surface area contributed by atoms with E-state index in [1.807, 2.05) is 60.7 Å². The zero-order valence-corrected chi connectivity index (χ0v) is 21.2. The fraction of sp³-hybridized carbons (Fsp3) is 0.200. The van der Waals surface area contributed by atoms with Gasteiger partial charge in [-0.3, -0.25) is 0 Å². The molecule has 0 aliphatic rings. The molecule has 4 aromatic carbocycles. The Morgan fingerprint density at radius 1 is 0.514 bits per heavy atom. The first-order chi connectivity index (χ1) is 17.8. The van der Waals surface area contributed by atoms with Crippen LogP contribution in [0.25, 0.3) is 0 Å². The van der Waals surface area contributed by atoms with Crippen molar-refractivity contribution in [1.29, 1.82) is 0 Å². The van der Waals surface area contributed by atoms with Crippen molar-refractivity contribution in [2.45, 2.75) is 48.3 Å². The van der Waals surface area contributed by atoms with E-state index in [0.717, 1.165) is 36.1 Å². The van der Waals surface area contributed by atoms with Crippen molar-refractivity contribution >= 4 is 9.84 Å². The molecule has 0 aliphatic carbocycles. The molecule has 0 bridgehead atoms. The molecule has 0 aromatic heterocycles. The Morgan fingerprint density at radius 2 is 0.892 bits per heavy atom. The van der Waals surface area contributed by atoms with Gasteiger partial charge in [0, 0.05) is 12.1 Å². The topological polar surface area (TPSA) is 115 Å². The van der Waals surface area contributed by atoms with Crippen LogP contribution < -0.4 is 0 Å². The first kappa shape index (κ1) is 26.1. The fourth-order valence-electron chi connectivity index (χ4n) is 4.46. The summed E-state index contributed by atoms with van der Waals surface area (Å²) >= 11 is 0. The van der Waals surface area contributed by atoms with Crippen molar-refractivity contribution in [2.24, 2.45) is 0 Å². The molecule has 4 aromatic rings. The molecule has 0 saturated carbocycles. The zero-order valence-electron chi connectivity index (χ0n) is 20.3. The minimum atomic E-state index is -4.46. The monoisotopic (exact) mass is 518 g/mol. The van der Waals surface area contributed by atoms with E-state index >= 15 is 0 Å². The second kappa shape index (κ2) is 11.4. The van der Waals surface area contributed by atoms with Crippen molar-refractivity contribution in [2.75, 3.05) is 0 Å². The summed E-state index contributed by atoms with van der Waals surface area (Å²) in [6.07, 6.45) is 3.38. The maximum Gasteiger partial charge on any atom is 0.214 e. The van der Waals surface area contributed by atoms with Gasteiger partial charge >= 0.3 is 0 Å². The van der Waals surface area contributed by atoms with Crippen LogP contribution in [-0.2, 0) is 35.5 Å². The third-order valence-electron chi connectivity index (χ3n) is 6.37. The Balaban J connectivity index is 1.58. The van der Waals surface area contributed by atoms with Gasteiger partial charge in [0.15, 0.2) is 0 Å². The number of hydrogen-bond acceptors (Lipinski definition) is 6. The van der Waals surface area contributed by atoms with Crippen LogP contribution in [-0.4, -0.2) is 28.8 Å². The Kier molecular flexibility index (Phi) is 8.04. The highest BCUT2D eigenvalue weighted by Crippen LogP contribution is 2.41. The van der Waals surface area contributed by atoms with Gasteiger partial charge in [-0.05, 0) is 72.9 Å². The number of rotatable bonds is 10. The molecule has 0 aliphatic heterocycles. The maximum atomic E-state index is 13.5. The lowest BCUT2D eigenvalue weighted by atomic mass is 10.0. The van der Waals surface area contributed by atoms with E-state index in [2.05, 4.69) is 0 Å². The van der Waals surface area contributed by atoms with Gasteiger partial charge in [0.1, 0.15) is 32.8 Å². The van der Waals surface area contributed by atoms with Crippen molar-refractivity contribution in [3.63, 3.8) is 0 Å². The Labute approximate surface area is 217 Å². The molecule has 0 unspecified atom stereocenters. The molecule has 4 rings (SSSR count). The number of sulfone groups is 1. The summed E-state index contributed by atoms with van der Waals surface area (Å²) in [6.45, 7) is 0. The van der Waals surface area contributed by atoms with Crippen LogP contribution in [0.3, 0.4) is 0 Å². The van der Waals surface area contributed by atoms with Gasteiger partial charge in [0.05, 0.1) is 0 Å². The average molecular weight is 519 g/mol. The largest absolute Gasteiger partial charge is 0.508 e.